The molecular formula is C24H23N3O4S2. The SMILES string of the molecule is CN(C)c1nc2ccc(OC(=O)c3ccc(S(=O)(=O)N(C)Cc4ccccc4)cc3)cc2s1. The predicted octanol–water partition coefficient (Wildman–Crippen LogP) is 4.40. The molecule has 0 bridgehead atoms. The van der Waals surface area contributed by atoms with Crippen LogP contribution in [0, 0.1) is 0 Å². The highest BCUT2D eigenvalue weighted by Gasteiger charge is 2.21. The van der Waals surface area contributed by atoms with Crippen molar-refractivity contribution in [2.24, 2.45) is 0 Å². The maximum absolute atomic E-state index is 12.9. The zero-order valence-electron chi connectivity index (χ0n) is 18.4. The van der Waals surface area contributed by atoms with E-state index in [9.17, 15) is 13.2 Å². The van der Waals surface area contributed by atoms with E-state index in [1.807, 2.05) is 49.3 Å². The monoisotopic (exact) mass is 481 g/mol. The number of sulfonamides is 1. The van der Waals surface area contributed by atoms with Gasteiger partial charge in [-0.3, -0.25) is 0 Å². The molecule has 0 aliphatic heterocycles. The van der Waals surface area contributed by atoms with Gasteiger partial charge in [-0.1, -0.05) is 41.7 Å². The third-order valence-corrected chi connectivity index (χ3v) is 7.99. The van der Waals surface area contributed by atoms with Crippen molar-refractivity contribution in [1.82, 2.24) is 9.29 Å². The van der Waals surface area contributed by atoms with Crippen molar-refractivity contribution in [2.45, 2.75) is 11.4 Å². The van der Waals surface area contributed by atoms with E-state index in [4.69, 9.17) is 4.74 Å². The second-order valence-electron chi connectivity index (χ2n) is 7.68. The van der Waals surface area contributed by atoms with Crippen molar-refractivity contribution in [3.8, 4) is 5.75 Å². The number of carbonyl (C=O) groups excluding carboxylic acids is 1. The summed E-state index contributed by atoms with van der Waals surface area (Å²) in [6.45, 7) is 0.253. The molecule has 3 aromatic carbocycles. The van der Waals surface area contributed by atoms with Gasteiger partial charge >= 0.3 is 5.97 Å². The average molecular weight is 482 g/mol. The molecule has 0 saturated carbocycles. The first-order valence-electron chi connectivity index (χ1n) is 10.1. The third kappa shape index (κ3) is 5.05. The Hall–Kier alpha value is -3.27. The van der Waals surface area contributed by atoms with Crippen LogP contribution in [0.2, 0.25) is 0 Å². The van der Waals surface area contributed by atoms with Crippen LogP contribution < -0.4 is 9.64 Å². The topological polar surface area (TPSA) is 79.8 Å². The van der Waals surface area contributed by atoms with Crippen LogP contribution in [0.15, 0.2) is 77.7 Å². The molecule has 0 radical (unpaired) electrons. The first-order chi connectivity index (χ1) is 15.7. The molecule has 0 saturated heterocycles. The van der Waals surface area contributed by atoms with Gasteiger partial charge in [-0.05, 0) is 42.0 Å². The van der Waals surface area contributed by atoms with Gasteiger partial charge in [0, 0.05) is 33.8 Å². The molecule has 7 nitrogen and oxygen atoms in total. The molecule has 0 spiro atoms. The van der Waals surface area contributed by atoms with Crippen LogP contribution in [0.5, 0.6) is 5.75 Å². The van der Waals surface area contributed by atoms with Crippen LogP contribution in [0.3, 0.4) is 0 Å². The van der Waals surface area contributed by atoms with Crippen molar-refractivity contribution >= 4 is 42.7 Å². The lowest BCUT2D eigenvalue weighted by molar-refractivity contribution is 0.0735. The largest absolute Gasteiger partial charge is 0.423 e. The Morgan fingerprint density at radius 2 is 1.67 bits per heavy atom. The summed E-state index contributed by atoms with van der Waals surface area (Å²) in [5.74, 6) is -0.158. The minimum atomic E-state index is -3.70. The lowest BCUT2D eigenvalue weighted by Crippen LogP contribution is -2.26. The molecule has 1 heterocycles. The second kappa shape index (κ2) is 9.30. The summed E-state index contributed by atoms with van der Waals surface area (Å²) >= 11 is 1.50. The van der Waals surface area contributed by atoms with Gasteiger partial charge in [-0.25, -0.2) is 18.2 Å². The number of nitrogens with zero attached hydrogens (tertiary/aromatic N) is 3. The normalized spacial score (nSPS) is 11.6. The van der Waals surface area contributed by atoms with Gasteiger partial charge < -0.3 is 9.64 Å². The fourth-order valence-corrected chi connectivity index (χ4v) is 5.26. The fourth-order valence-electron chi connectivity index (χ4n) is 3.18. The van der Waals surface area contributed by atoms with Gasteiger partial charge in [0.15, 0.2) is 5.13 Å². The molecule has 0 fully saturated rings. The Morgan fingerprint density at radius 3 is 2.33 bits per heavy atom. The van der Waals surface area contributed by atoms with E-state index < -0.39 is 16.0 Å². The van der Waals surface area contributed by atoms with Crippen molar-refractivity contribution in [2.75, 3.05) is 26.0 Å². The molecule has 0 amide bonds. The minimum absolute atomic E-state index is 0.111. The van der Waals surface area contributed by atoms with Crippen molar-refractivity contribution in [3.63, 3.8) is 0 Å². The number of aromatic nitrogens is 1. The molecule has 0 aliphatic carbocycles. The van der Waals surface area contributed by atoms with Gasteiger partial charge in [0.1, 0.15) is 5.75 Å². The number of hydrogen-bond donors (Lipinski definition) is 0. The number of ether oxygens (including phenoxy) is 1. The summed E-state index contributed by atoms with van der Waals surface area (Å²) in [6, 6.07) is 20.4. The van der Waals surface area contributed by atoms with Gasteiger partial charge in [-0.15, -0.1) is 0 Å². The van der Waals surface area contributed by atoms with Gasteiger partial charge in [-0.2, -0.15) is 4.31 Å². The van der Waals surface area contributed by atoms with Crippen LogP contribution >= 0.6 is 11.3 Å². The highest BCUT2D eigenvalue weighted by atomic mass is 32.2. The van der Waals surface area contributed by atoms with E-state index in [1.54, 1.807) is 18.2 Å². The lowest BCUT2D eigenvalue weighted by Gasteiger charge is -2.17. The smallest absolute Gasteiger partial charge is 0.343 e. The lowest BCUT2D eigenvalue weighted by atomic mass is 10.2. The van der Waals surface area contributed by atoms with Crippen molar-refractivity contribution < 1.29 is 17.9 Å². The molecule has 0 aliphatic rings. The molecule has 4 rings (SSSR count). The van der Waals surface area contributed by atoms with Gasteiger partial charge in [0.2, 0.25) is 10.0 Å². The van der Waals surface area contributed by atoms with Crippen molar-refractivity contribution in [1.29, 1.82) is 0 Å². The molecule has 9 heteroatoms. The Morgan fingerprint density at radius 1 is 0.970 bits per heavy atom. The van der Waals surface area contributed by atoms with Crippen LogP contribution in [0.25, 0.3) is 10.2 Å². The number of hydrogen-bond acceptors (Lipinski definition) is 7. The third-order valence-electron chi connectivity index (χ3n) is 4.99. The fraction of sp³-hybridized carbons (Fsp3) is 0.167. The minimum Gasteiger partial charge on any atom is -0.423 e. The van der Waals surface area contributed by atoms with E-state index >= 15 is 0 Å². The highest BCUT2D eigenvalue weighted by molar-refractivity contribution is 7.89. The van der Waals surface area contributed by atoms with Crippen LogP contribution in [0.1, 0.15) is 15.9 Å². The molecule has 0 unspecified atom stereocenters. The summed E-state index contributed by atoms with van der Waals surface area (Å²) in [5.41, 5.74) is 1.98. The Balaban J connectivity index is 1.47. The second-order valence-corrected chi connectivity index (χ2v) is 10.7. The Bertz CT molecular complexity index is 1380. The Kier molecular flexibility index (Phi) is 6.46. The van der Waals surface area contributed by atoms with E-state index in [2.05, 4.69) is 4.98 Å². The quantitative estimate of drug-likeness (QED) is 0.288. The van der Waals surface area contributed by atoms with E-state index in [0.717, 1.165) is 20.9 Å². The number of carbonyl (C=O) groups is 1. The maximum Gasteiger partial charge on any atom is 0.343 e. The summed E-state index contributed by atoms with van der Waals surface area (Å²) in [5, 5.41) is 0.863. The number of thiazole rings is 1. The summed E-state index contributed by atoms with van der Waals surface area (Å²) in [4.78, 5) is 19.1. The summed E-state index contributed by atoms with van der Waals surface area (Å²) in [6.07, 6.45) is 0. The summed E-state index contributed by atoms with van der Waals surface area (Å²) < 4.78 is 33.5. The summed E-state index contributed by atoms with van der Waals surface area (Å²) in [7, 11) is 1.67. The van der Waals surface area contributed by atoms with Gasteiger partial charge in [0.05, 0.1) is 20.7 Å². The molecule has 1 aromatic heterocycles. The van der Waals surface area contributed by atoms with Crippen molar-refractivity contribution in [3.05, 3.63) is 83.9 Å². The van der Waals surface area contributed by atoms with Crippen LogP contribution in [-0.2, 0) is 16.6 Å². The highest BCUT2D eigenvalue weighted by Crippen LogP contribution is 2.30. The predicted molar refractivity (Wildman–Crippen MR) is 130 cm³/mol. The molecule has 0 N–H and O–H groups in total. The van der Waals surface area contributed by atoms with Gasteiger partial charge in [0.25, 0.3) is 0 Å². The first kappa shape index (κ1) is 22.9. The first-order valence-corrected chi connectivity index (χ1v) is 12.4. The Labute approximate surface area is 196 Å². The molecule has 170 valence electrons. The number of anilines is 1. The average Bonchev–Trinajstić information content (AvgIpc) is 3.24. The van der Waals surface area contributed by atoms with E-state index in [1.165, 1.54) is 47.0 Å². The van der Waals surface area contributed by atoms with Crippen LogP contribution in [0.4, 0.5) is 5.13 Å². The van der Waals surface area contributed by atoms with Crippen LogP contribution in [-0.4, -0.2) is 44.8 Å². The number of benzene rings is 3. The molecular weight excluding hydrogens is 458 g/mol. The number of fused-ring (bicyclic) bond motifs is 1. The molecule has 0 atom stereocenters. The molecule has 4 aromatic rings. The van der Waals surface area contributed by atoms with E-state index in [0.29, 0.717) is 5.75 Å². The maximum atomic E-state index is 12.9. The zero-order valence-corrected chi connectivity index (χ0v) is 20.1. The number of rotatable bonds is 7. The number of esters is 1. The van der Waals surface area contributed by atoms with E-state index in [-0.39, 0.29) is 17.0 Å². The molecule has 33 heavy (non-hydrogen) atoms. The standard InChI is InChI=1S/C24H23N3O4S2/c1-26(2)24-25-21-14-11-19(15-22(21)32-24)31-23(28)18-9-12-20(13-10-18)33(29,30)27(3)16-17-7-5-4-6-8-17/h4-15H,16H2,1-3H3. The zero-order chi connectivity index (χ0) is 23.6.